The number of anilines is 1. The Morgan fingerprint density at radius 1 is 1.33 bits per heavy atom. The van der Waals surface area contributed by atoms with Gasteiger partial charge in [0.15, 0.2) is 5.13 Å². The van der Waals surface area contributed by atoms with Gasteiger partial charge in [-0.25, -0.2) is 13.8 Å². The number of alkyl halides is 4. The summed E-state index contributed by atoms with van der Waals surface area (Å²) in [6, 6.07) is 0. The van der Waals surface area contributed by atoms with E-state index in [1.165, 1.54) is 22.1 Å². The molecule has 1 aliphatic heterocycles. The molecule has 0 bridgehead atoms. The third-order valence-electron chi connectivity index (χ3n) is 3.42. The summed E-state index contributed by atoms with van der Waals surface area (Å²) in [5.41, 5.74) is 0.148. The van der Waals surface area contributed by atoms with Crippen LogP contribution in [0.3, 0.4) is 0 Å². The molecule has 1 N–H and O–H groups in total. The molecule has 11 heteroatoms. The molecule has 0 aliphatic carbocycles. The van der Waals surface area contributed by atoms with Gasteiger partial charge in [-0.15, -0.1) is 11.3 Å². The van der Waals surface area contributed by atoms with Crippen LogP contribution in [0.2, 0.25) is 0 Å². The first-order valence-corrected chi connectivity index (χ1v) is 7.97. The Kier molecular flexibility index (Phi) is 5.75. The van der Waals surface area contributed by atoms with Gasteiger partial charge in [0.2, 0.25) is 5.91 Å². The number of aromatic nitrogens is 1. The lowest BCUT2D eigenvalue weighted by molar-refractivity contribution is -0.144. The van der Waals surface area contributed by atoms with E-state index in [9.17, 15) is 27.2 Å². The van der Waals surface area contributed by atoms with Crippen LogP contribution in [-0.2, 0) is 4.79 Å². The number of carbonyl (C=O) groups excluding carboxylic acids is 2. The van der Waals surface area contributed by atoms with Crippen LogP contribution in [0.1, 0.15) is 17.4 Å². The second-order valence-electron chi connectivity index (χ2n) is 5.35. The minimum atomic E-state index is -4.06. The highest BCUT2D eigenvalue weighted by atomic mass is 32.1. The van der Waals surface area contributed by atoms with Crippen LogP contribution in [0.5, 0.6) is 0 Å². The molecule has 2 amide bonds. The van der Waals surface area contributed by atoms with E-state index in [0.29, 0.717) is 5.13 Å². The van der Waals surface area contributed by atoms with Crippen molar-refractivity contribution in [1.82, 2.24) is 14.8 Å². The van der Waals surface area contributed by atoms with Gasteiger partial charge in [0, 0.05) is 38.5 Å². The van der Waals surface area contributed by atoms with Gasteiger partial charge in [-0.3, -0.25) is 14.5 Å². The van der Waals surface area contributed by atoms with Gasteiger partial charge < -0.3 is 10.2 Å². The summed E-state index contributed by atoms with van der Waals surface area (Å²) in [5.74, 6) is -4.76. The maximum absolute atomic E-state index is 13.0. The average molecular weight is 368 g/mol. The second-order valence-corrected chi connectivity index (χ2v) is 6.21. The zero-order chi connectivity index (χ0) is 17.9. The van der Waals surface area contributed by atoms with Gasteiger partial charge in [-0.05, 0) is 0 Å². The van der Waals surface area contributed by atoms with Crippen molar-refractivity contribution in [2.24, 2.45) is 0 Å². The van der Waals surface area contributed by atoms with Crippen LogP contribution >= 0.6 is 11.3 Å². The summed E-state index contributed by atoms with van der Waals surface area (Å²) in [6.07, 6.45) is -3.71. The maximum atomic E-state index is 13.0. The molecule has 0 aromatic carbocycles. The highest BCUT2D eigenvalue weighted by Crippen LogP contribution is 2.24. The van der Waals surface area contributed by atoms with Crippen molar-refractivity contribution in [2.75, 3.05) is 38.0 Å². The van der Waals surface area contributed by atoms with Crippen molar-refractivity contribution >= 4 is 28.3 Å². The molecule has 6 nitrogen and oxygen atoms in total. The molecule has 0 saturated carbocycles. The Morgan fingerprint density at radius 3 is 2.50 bits per heavy atom. The van der Waals surface area contributed by atoms with Crippen LogP contribution in [-0.4, -0.2) is 71.7 Å². The van der Waals surface area contributed by atoms with E-state index in [4.69, 9.17) is 0 Å². The zero-order valence-corrected chi connectivity index (χ0v) is 13.6. The number of nitrogens with one attached hydrogen (secondary N) is 1. The summed E-state index contributed by atoms with van der Waals surface area (Å²) in [7, 11) is 0. The van der Waals surface area contributed by atoms with Crippen molar-refractivity contribution in [1.29, 1.82) is 0 Å². The lowest BCUT2D eigenvalue weighted by atomic mass is 10.2. The predicted molar refractivity (Wildman–Crippen MR) is 79.7 cm³/mol. The molecular formula is C13H16F4N4O2S. The highest BCUT2D eigenvalue weighted by molar-refractivity contribution is 7.14. The molecule has 0 atom stereocenters. The Morgan fingerprint density at radius 2 is 1.96 bits per heavy atom. The molecule has 2 rings (SSSR count). The van der Waals surface area contributed by atoms with Crippen LogP contribution in [0.25, 0.3) is 0 Å². The van der Waals surface area contributed by atoms with Crippen LogP contribution in [0, 0.1) is 0 Å². The molecule has 0 radical (unpaired) electrons. The fourth-order valence-electron chi connectivity index (χ4n) is 2.22. The standard InChI is InChI=1S/C13H16F4N4O2S/c1-8(22)18-12-19-9(6-24-12)10(23)21-4-2-20(3-5-21)7-13(16,17)11(14)15/h6,11H,2-5,7H2,1H3,(H,18,19,22). The number of carbonyl (C=O) groups is 2. The third kappa shape index (κ3) is 4.63. The first-order valence-electron chi connectivity index (χ1n) is 7.10. The minimum Gasteiger partial charge on any atom is -0.335 e. The quantitative estimate of drug-likeness (QED) is 0.805. The van der Waals surface area contributed by atoms with Gasteiger partial charge in [-0.2, -0.15) is 8.78 Å². The number of nitrogens with zero attached hydrogens (tertiary/aromatic N) is 3. The van der Waals surface area contributed by atoms with Crippen LogP contribution < -0.4 is 5.32 Å². The number of amides is 2. The van der Waals surface area contributed by atoms with Gasteiger partial charge in [-0.1, -0.05) is 0 Å². The molecule has 134 valence electrons. The molecule has 1 aromatic heterocycles. The van der Waals surface area contributed by atoms with Gasteiger partial charge in [0.25, 0.3) is 5.91 Å². The number of thiazole rings is 1. The fourth-order valence-corrected chi connectivity index (χ4v) is 2.95. The topological polar surface area (TPSA) is 65.5 Å². The van der Waals surface area contributed by atoms with Gasteiger partial charge in [0.1, 0.15) is 5.69 Å². The van der Waals surface area contributed by atoms with E-state index in [1.54, 1.807) is 0 Å². The molecule has 2 heterocycles. The van der Waals surface area contributed by atoms with E-state index < -0.39 is 18.9 Å². The Labute approximate surface area is 139 Å². The molecule has 0 unspecified atom stereocenters. The monoisotopic (exact) mass is 368 g/mol. The van der Waals surface area contributed by atoms with Gasteiger partial charge >= 0.3 is 12.3 Å². The lowest BCUT2D eigenvalue weighted by Crippen LogP contribution is -2.52. The van der Waals surface area contributed by atoms with Crippen molar-refractivity contribution in [3.63, 3.8) is 0 Å². The largest absolute Gasteiger partial charge is 0.335 e. The summed E-state index contributed by atoms with van der Waals surface area (Å²) in [4.78, 5) is 29.8. The molecule has 1 aliphatic rings. The molecular weight excluding hydrogens is 352 g/mol. The minimum absolute atomic E-state index is 0.0801. The first-order chi connectivity index (χ1) is 11.2. The summed E-state index contributed by atoms with van der Waals surface area (Å²) < 4.78 is 50.5. The maximum Gasteiger partial charge on any atom is 0.319 e. The SMILES string of the molecule is CC(=O)Nc1nc(C(=O)N2CCN(CC(F)(F)C(F)F)CC2)cs1. The third-order valence-corrected chi connectivity index (χ3v) is 4.18. The fraction of sp³-hybridized carbons (Fsp3) is 0.615. The first kappa shape index (κ1) is 18.6. The predicted octanol–water partition coefficient (Wildman–Crippen LogP) is 1.76. The van der Waals surface area contributed by atoms with Crippen LogP contribution in [0.15, 0.2) is 5.38 Å². The Bertz CT molecular complexity index is 603. The van der Waals surface area contributed by atoms with E-state index in [1.807, 2.05) is 0 Å². The number of rotatable bonds is 5. The van der Waals surface area contributed by atoms with Crippen molar-refractivity contribution < 1.29 is 27.2 Å². The summed E-state index contributed by atoms with van der Waals surface area (Å²) in [5, 5.41) is 4.25. The lowest BCUT2D eigenvalue weighted by Gasteiger charge is -2.35. The average Bonchev–Trinajstić information content (AvgIpc) is 2.94. The van der Waals surface area contributed by atoms with Crippen molar-refractivity contribution in [2.45, 2.75) is 19.3 Å². The Hall–Kier alpha value is -1.75. The van der Waals surface area contributed by atoms with E-state index in [2.05, 4.69) is 10.3 Å². The highest BCUT2D eigenvalue weighted by Gasteiger charge is 2.42. The molecule has 1 saturated heterocycles. The number of halogens is 4. The van der Waals surface area contributed by atoms with Crippen molar-refractivity contribution in [3.8, 4) is 0 Å². The molecule has 0 spiro atoms. The Balaban J connectivity index is 1.88. The normalized spacial score (nSPS) is 16.5. The van der Waals surface area contributed by atoms with E-state index in [-0.39, 0.29) is 43.7 Å². The molecule has 24 heavy (non-hydrogen) atoms. The van der Waals surface area contributed by atoms with Crippen LogP contribution in [0.4, 0.5) is 22.7 Å². The molecule has 1 aromatic rings. The molecule has 1 fully saturated rings. The second kappa shape index (κ2) is 7.43. The van der Waals surface area contributed by atoms with Gasteiger partial charge in [0.05, 0.1) is 6.54 Å². The number of hydrogen-bond donors (Lipinski definition) is 1. The van der Waals surface area contributed by atoms with E-state index >= 15 is 0 Å². The number of piperazine rings is 1. The summed E-state index contributed by atoms with van der Waals surface area (Å²) in [6.45, 7) is 0.733. The summed E-state index contributed by atoms with van der Waals surface area (Å²) >= 11 is 1.10. The zero-order valence-electron chi connectivity index (χ0n) is 12.8. The van der Waals surface area contributed by atoms with Crippen molar-refractivity contribution in [3.05, 3.63) is 11.1 Å². The van der Waals surface area contributed by atoms with E-state index in [0.717, 1.165) is 11.3 Å². The number of hydrogen-bond acceptors (Lipinski definition) is 5. The smallest absolute Gasteiger partial charge is 0.319 e.